The molecule has 2 rings (SSSR count). The van der Waals surface area contributed by atoms with E-state index in [0.29, 0.717) is 15.1 Å². The molecular formula is C16H15Cl4N. The summed E-state index contributed by atoms with van der Waals surface area (Å²) in [6, 6.07) is 11.5. The van der Waals surface area contributed by atoms with Gasteiger partial charge in [-0.2, -0.15) is 0 Å². The number of benzene rings is 2. The predicted octanol–water partition coefficient (Wildman–Crippen LogP) is 6.71. The molecule has 0 aliphatic carbocycles. The van der Waals surface area contributed by atoms with E-state index in [1.165, 1.54) is 0 Å². The molecule has 2 atom stereocenters. The molecule has 0 bridgehead atoms. The van der Waals surface area contributed by atoms with Crippen molar-refractivity contribution in [3.05, 3.63) is 67.6 Å². The first kappa shape index (κ1) is 16.9. The summed E-state index contributed by atoms with van der Waals surface area (Å²) < 4.78 is 0. The van der Waals surface area contributed by atoms with Gasteiger partial charge in [0, 0.05) is 17.1 Å². The molecule has 0 radical (unpaired) electrons. The molecule has 2 unspecified atom stereocenters. The van der Waals surface area contributed by atoms with Gasteiger partial charge in [0.25, 0.3) is 0 Å². The van der Waals surface area contributed by atoms with Gasteiger partial charge in [-0.05, 0) is 37.1 Å². The van der Waals surface area contributed by atoms with Crippen molar-refractivity contribution in [2.24, 2.45) is 0 Å². The van der Waals surface area contributed by atoms with Crippen molar-refractivity contribution >= 4 is 46.4 Å². The van der Waals surface area contributed by atoms with E-state index in [2.05, 4.69) is 12.2 Å². The van der Waals surface area contributed by atoms with Crippen molar-refractivity contribution in [1.82, 2.24) is 5.32 Å². The molecule has 0 heterocycles. The summed E-state index contributed by atoms with van der Waals surface area (Å²) in [5, 5.41) is 5.53. The lowest BCUT2D eigenvalue weighted by molar-refractivity contribution is 0.495. The molecule has 5 heteroatoms. The summed E-state index contributed by atoms with van der Waals surface area (Å²) in [6.07, 6.45) is 0. The number of halogens is 4. The first-order chi connectivity index (χ1) is 9.91. The van der Waals surface area contributed by atoms with Crippen molar-refractivity contribution in [3.63, 3.8) is 0 Å². The Morgan fingerprint density at radius 3 is 2.00 bits per heavy atom. The molecule has 0 aromatic heterocycles. The SMILES string of the molecule is CC(NC(C)c1ccc(Cl)c(Cl)c1Cl)c1ccccc1Cl. The fourth-order valence-electron chi connectivity index (χ4n) is 2.26. The van der Waals surface area contributed by atoms with Crippen LogP contribution in [-0.2, 0) is 0 Å². The number of hydrogen-bond donors (Lipinski definition) is 1. The second-order valence-corrected chi connectivity index (χ2v) is 6.47. The van der Waals surface area contributed by atoms with E-state index >= 15 is 0 Å². The lowest BCUT2D eigenvalue weighted by atomic mass is 10.0. The van der Waals surface area contributed by atoms with E-state index < -0.39 is 0 Å². The Hall–Kier alpha value is -0.440. The van der Waals surface area contributed by atoms with E-state index in [1.807, 2.05) is 37.3 Å². The molecule has 0 aliphatic heterocycles. The van der Waals surface area contributed by atoms with Gasteiger partial charge < -0.3 is 5.32 Å². The summed E-state index contributed by atoms with van der Waals surface area (Å²) in [6.45, 7) is 4.09. The summed E-state index contributed by atoms with van der Waals surface area (Å²) in [5.41, 5.74) is 1.95. The van der Waals surface area contributed by atoms with Crippen molar-refractivity contribution in [3.8, 4) is 0 Å². The van der Waals surface area contributed by atoms with Crippen LogP contribution in [0.1, 0.15) is 37.1 Å². The minimum absolute atomic E-state index is 0.0125. The lowest BCUT2D eigenvalue weighted by Crippen LogP contribution is -2.23. The predicted molar refractivity (Wildman–Crippen MR) is 92.9 cm³/mol. The van der Waals surface area contributed by atoms with Gasteiger partial charge in [0.2, 0.25) is 0 Å². The average molecular weight is 363 g/mol. The maximum Gasteiger partial charge on any atom is 0.0781 e. The molecule has 1 nitrogen and oxygen atoms in total. The summed E-state index contributed by atoms with van der Waals surface area (Å²) in [5.74, 6) is 0. The molecular weight excluding hydrogens is 348 g/mol. The summed E-state index contributed by atoms with van der Waals surface area (Å²) >= 11 is 24.5. The molecule has 0 fully saturated rings. The third-order valence-corrected chi connectivity index (χ3v) is 5.06. The lowest BCUT2D eigenvalue weighted by Gasteiger charge is -2.22. The largest absolute Gasteiger partial charge is 0.304 e. The van der Waals surface area contributed by atoms with E-state index in [-0.39, 0.29) is 12.1 Å². The van der Waals surface area contributed by atoms with Crippen molar-refractivity contribution < 1.29 is 0 Å². The Morgan fingerprint density at radius 2 is 1.33 bits per heavy atom. The highest BCUT2D eigenvalue weighted by Crippen LogP contribution is 2.36. The molecule has 112 valence electrons. The third-order valence-electron chi connectivity index (χ3n) is 3.40. The third kappa shape index (κ3) is 3.85. The number of rotatable bonds is 4. The van der Waals surface area contributed by atoms with Crippen LogP contribution in [0.3, 0.4) is 0 Å². The van der Waals surface area contributed by atoms with Crippen LogP contribution in [0.15, 0.2) is 36.4 Å². The van der Waals surface area contributed by atoms with Crippen LogP contribution < -0.4 is 5.32 Å². The maximum absolute atomic E-state index is 6.27. The fourth-order valence-corrected chi connectivity index (χ4v) is 3.26. The first-order valence-electron chi connectivity index (χ1n) is 6.55. The normalized spacial score (nSPS) is 14.0. The Labute approximate surface area is 145 Å². The monoisotopic (exact) mass is 361 g/mol. The minimum atomic E-state index is 0.0125. The highest BCUT2D eigenvalue weighted by atomic mass is 35.5. The molecule has 21 heavy (non-hydrogen) atoms. The van der Waals surface area contributed by atoms with E-state index in [1.54, 1.807) is 6.07 Å². The van der Waals surface area contributed by atoms with Crippen molar-refractivity contribution in [2.75, 3.05) is 0 Å². The second kappa shape index (κ2) is 7.21. The van der Waals surface area contributed by atoms with Crippen LogP contribution in [-0.4, -0.2) is 0 Å². The zero-order chi connectivity index (χ0) is 15.6. The Balaban J connectivity index is 2.20. The quantitative estimate of drug-likeness (QED) is 0.595. The summed E-state index contributed by atoms with van der Waals surface area (Å²) in [7, 11) is 0. The molecule has 0 saturated carbocycles. The zero-order valence-electron chi connectivity index (χ0n) is 11.6. The molecule has 0 aliphatic rings. The Bertz CT molecular complexity index is 642. The minimum Gasteiger partial charge on any atom is -0.304 e. The molecule has 0 amide bonds. The topological polar surface area (TPSA) is 12.0 Å². The fraction of sp³-hybridized carbons (Fsp3) is 0.250. The second-order valence-electron chi connectivity index (χ2n) is 4.90. The molecule has 0 spiro atoms. The maximum atomic E-state index is 6.27. The molecule has 0 saturated heterocycles. The van der Waals surface area contributed by atoms with Gasteiger partial charge in [-0.25, -0.2) is 0 Å². The van der Waals surface area contributed by atoms with Crippen LogP contribution >= 0.6 is 46.4 Å². The van der Waals surface area contributed by atoms with Gasteiger partial charge in [-0.15, -0.1) is 0 Å². The van der Waals surface area contributed by atoms with Gasteiger partial charge in [-0.3, -0.25) is 0 Å². The van der Waals surface area contributed by atoms with Gasteiger partial charge in [0.1, 0.15) is 0 Å². The smallest absolute Gasteiger partial charge is 0.0781 e. The number of nitrogens with one attached hydrogen (secondary N) is 1. The van der Waals surface area contributed by atoms with Crippen molar-refractivity contribution in [1.29, 1.82) is 0 Å². The van der Waals surface area contributed by atoms with Crippen LogP contribution in [0.2, 0.25) is 20.1 Å². The van der Waals surface area contributed by atoms with Gasteiger partial charge in [0.15, 0.2) is 0 Å². The van der Waals surface area contributed by atoms with Gasteiger partial charge in [-0.1, -0.05) is 70.7 Å². The molecule has 2 aromatic rings. The standard InChI is InChI=1S/C16H15Cl4N/c1-9(11-5-3-4-6-13(11)17)21-10(2)12-7-8-14(18)16(20)15(12)19/h3-10,21H,1-2H3. The number of hydrogen-bond acceptors (Lipinski definition) is 1. The Morgan fingerprint density at radius 1 is 0.714 bits per heavy atom. The average Bonchev–Trinajstić information content (AvgIpc) is 2.45. The molecule has 2 aromatic carbocycles. The zero-order valence-corrected chi connectivity index (χ0v) is 14.7. The van der Waals surface area contributed by atoms with Crippen LogP contribution in [0.25, 0.3) is 0 Å². The van der Waals surface area contributed by atoms with Crippen LogP contribution in [0.5, 0.6) is 0 Å². The summed E-state index contributed by atoms with van der Waals surface area (Å²) in [4.78, 5) is 0. The van der Waals surface area contributed by atoms with Gasteiger partial charge in [0.05, 0.1) is 15.1 Å². The van der Waals surface area contributed by atoms with E-state index in [0.717, 1.165) is 16.1 Å². The highest BCUT2D eigenvalue weighted by molar-refractivity contribution is 6.48. The van der Waals surface area contributed by atoms with Crippen LogP contribution in [0, 0.1) is 0 Å². The van der Waals surface area contributed by atoms with Gasteiger partial charge >= 0.3 is 0 Å². The Kier molecular flexibility index (Phi) is 5.81. The highest BCUT2D eigenvalue weighted by Gasteiger charge is 2.17. The molecule has 1 N–H and O–H groups in total. The first-order valence-corrected chi connectivity index (χ1v) is 8.07. The van der Waals surface area contributed by atoms with Crippen LogP contribution in [0.4, 0.5) is 0 Å². The van der Waals surface area contributed by atoms with E-state index in [4.69, 9.17) is 46.4 Å². The van der Waals surface area contributed by atoms with Crippen molar-refractivity contribution in [2.45, 2.75) is 25.9 Å². The van der Waals surface area contributed by atoms with E-state index in [9.17, 15) is 0 Å².